The summed E-state index contributed by atoms with van der Waals surface area (Å²) in [7, 11) is 0. The molecule has 0 aromatic heterocycles. The summed E-state index contributed by atoms with van der Waals surface area (Å²) in [5, 5.41) is 0. The normalized spacial score (nSPS) is 32.5. The first kappa shape index (κ1) is 8.89. The summed E-state index contributed by atoms with van der Waals surface area (Å²) in [4.78, 5) is 0.246. The Bertz CT molecular complexity index is 159. The maximum Gasteiger partial charge on any atom is 0.113 e. The fraction of sp³-hybridized carbons (Fsp3) is 1.00. The number of thioether (sulfide) groups is 1. The highest BCUT2D eigenvalue weighted by Gasteiger charge is 2.41. The fourth-order valence-electron chi connectivity index (χ4n) is 2.09. The van der Waals surface area contributed by atoms with Crippen LogP contribution in [0.15, 0.2) is 0 Å². The summed E-state index contributed by atoms with van der Waals surface area (Å²) >= 11 is 2.04. The molecule has 1 heterocycles. The molecule has 0 amide bonds. The van der Waals surface area contributed by atoms with Gasteiger partial charge >= 0.3 is 0 Å². The van der Waals surface area contributed by atoms with Gasteiger partial charge in [0.25, 0.3) is 0 Å². The van der Waals surface area contributed by atoms with E-state index in [-0.39, 0.29) is 4.93 Å². The Morgan fingerprint density at radius 3 is 2.25 bits per heavy atom. The largest absolute Gasteiger partial charge is 0.363 e. The Morgan fingerprint density at radius 1 is 1.08 bits per heavy atom. The van der Waals surface area contributed by atoms with Crippen LogP contribution in [0, 0.1) is 5.41 Å². The first-order chi connectivity index (χ1) is 5.62. The zero-order valence-electron chi connectivity index (χ0n) is 8.06. The minimum atomic E-state index is 0.246. The van der Waals surface area contributed by atoms with Crippen LogP contribution in [0.5, 0.6) is 0 Å². The SMILES string of the molecule is CC1(C)CCC2(CC1)OCCS2. The Hall–Kier alpha value is 0.310. The predicted octanol–water partition coefficient (Wildman–Crippen LogP) is 3.05. The summed E-state index contributed by atoms with van der Waals surface area (Å²) in [6, 6.07) is 0. The molecule has 0 atom stereocenters. The standard InChI is InChI=1S/C10H18OS/c1-9(2)3-5-10(6-4-9)11-7-8-12-10/h3-8H2,1-2H3. The van der Waals surface area contributed by atoms with Gasteiger partial charge in [0.15, 0.2) is 0 Å². The minimum absolute atomic E-state index is 0.246. The highest BCUT2D eigenvalue weighted by Crippen LogP contribution is 2.49. The topological polar surface area (TPSA) is 9.23 Å². The molecule has 0 unspecified atom stereocenters. The average molecular weight is 186 g/mol. The molecule has 2 heteroatoms. The van der Waals surface area contributed by atoms with Crippen molar-refractivity contribution in [3.63, 3.8) is 0 Å². The van der Waals surface area contributed by atoms with Crippen LogP contribution in [-0.4, -0.2) is 17.3 Å². The van der Waals surface area contributed by atoms with Crippen molar-refractivity contribution in [2.75, 3.05) is 12.4 Å². The van der Waals surface area contributed by atoms with Gasteiger partial charge < -0.3 is 4.74 Å². The van der Waals surface area contributed by atoms with Crippen molar-refractivity contribution in [3.05, 3.63) is 0 Å². The molecule has 0 N–H and O–H groups in total. The van der Waals surface area contributed by atoms with Crippen molar-refractivity contribution in [1.82, 2.24) is 0 Å². The van der Waals surface area contributed by atoms with Crippen molar-refractivity contribution < 1.29 is 4.74 Å². The van der Waals surface area contributed by atoms with E-state index >= 15 is 0 Å². The van der Waals surface area contributed by atoms with Gasteiger partial charge in [-0.1, -0.05) is 13.8 Å². The highest BCUT2D eigenvalue weighted by atomic mass is 32.2. The van der Waals surface area contributed by atoms with Crippen molar-refractivity contribution >= 4 is 11.8 Å². The quantitative estimate of drug-likeness (QED) is 0.575. The lowest BCUT2D eigenvalue weighted by Crippen LogP contribution is -2.33. The van der Waals surface area contributed by atoms with Crippen molar-refractivity contribution in [1.29, 1.82) is 0 Å². The van der Waals surface area contributed by atoms with Crippen LogP contribution in [0.4, 0.5) is 0 Å². The molecule has 1 spiro atoms. The predicted molar refractivity (Wildman–Crippen MR) is 53.4 cm³/mol. The summed E-state index contributed by atoms with van der Waals surface area (Å²) in [6.45, 7) is 5.73. The summed E-state index contributed by atoms with van der Waals surface area (Å²) in [6.07, 6.45) is 5.20. The van der Waals surface area contributed by atoms with Crippen LogP contribution in [0.2, 0.25) is 0 Å². The lowest BCUT2D eigenvalue weighted by Gasteiger charge is -2.39. The van der Waals surface area contributed by atoms with E-state index in [2.05, 4.69) is 13.8 Å². The van der Waals surface area contributed by atoms with Crippen molar-refractivity contribution in [3.8, 4) is 0 Å². The van der Waals surface area contributed by atoms with Gasteiger partial charge in [-0.2, -0.15) is 0 Å². The van der Waals surface area contributed by atoms with Gasteiger partial charge in [-0.25, -0.2) is 0 Å². The molecular formula is C10H18OS. The first-order valence-corrected chi connectivity index (χ1v) is 5.89. The summed E-state index contributed by atoms with van der Waals surface area (Å²) in [5.74, 6) is 1.21. The molecule has 1 aliphatic heterocycles. The van der Waals surface area contributed by atoms with Crippen LogP contribution in [0.1, 0.15) is 39.5 Å². The van der Waals surface area contributed by atoms with Gasteiger partial charge in [-0.05, 0) is 31.1 Å². The van der Waals surface area contributed by atoms with E-state index in [0.29, 0.717) is 5.41 Å². The molecule has 0 bridgehead atoms. The maximum atomic E-state index is 5.84. The monoisotopic (exact) mass is 186 g/mol. The highest BCUT2D eigenvalue weighted by molar-refractivity contribution is 8.00. The second-order valence-electron chi connectivity index (χ2n) is 4.77. The fourth-order valence-corrected chi connectivity index (χ4v) is 3.29. The molecule has 1 nitrogen and oxygen atoms in total. The molecular weight excluding hydrogens is 168 g/mol. The Kier molecular flexibility index (Phi) is 2.16. The Labute approximate surface area is 79.2 Å². The molecule has 0 radical (unpaired) electrons. The number of hydrogen-bond acceptors (Lipinski definition) is 2. The van der Waals surface area contributed by atoms with E-state index in [0.717, 1.165) is 6.61 Å². The smallest absolute Gasteiger partial charge is 0.113 e. The summed E-state index contributed by atoms with van der Waals surface area (Å²) < 4.78 is 5.84. The van der Waals surface area contributed by atoms with Crippen LogP contribution in [-0.2, 0) is 4.74 Å². The molecule has 2 aliphatic rings. The molecule has 2 rings (SSSR count). The minimum Gasteiger partial charge on any atom is -0.363 e. The van der Waals surface area contributed by atoms with E-state index in [9.17, 15) is 0 Å². The third-order valence-corrected chi connectivity index (χ3v) is 4.60. The maximum absolute atomic E-state index is 5.84. The number of hydrogen-bond donors (Lipinski definition) is 0. The van der Waals surface area contributed by atoms with Gasteiger partial charge in [0.05, 0.1) is 6.61 Å². The molecule has 70 valence electrons. The van der Waals surface area contributed by atoms with Gasteiger partial charge in [-0.3, -0.25) is 0 Å². The van der Waals surface area contributed by atoms with E-state index < -0.39 is 0 Å². The van der Waals surface area contributed by atoms with Gasteiger partial charge in [0.1, 0.15) is 4.93 Å². The molecule has 12 heavy (non-hydrogen) atoms. The number of rotatable bonds is 0. The molecule has 1 aliphatic carbocycles. The first-order valence-electron chi connectivity index (χ1n) is 4.90. The van der Waals surface area contributed by atoms with E-state index in [1.54, 1.807) is 0 Å². The Morgan fingerprint density at radius 2 is 1.75 bits per heavy atom. The van der Waals surface area contributed by atoms with Gasteiger partial charge in [0.2, 0.25) is 0 Å². The molecule has 0 aromatic carbocycles. The van der Waals surface area contributed by atoms with Crippen LogP contribution in [0.3, 0.4) is 0 Å². The molecule has 0 aromatic rings. The summed E-state index contributed by atoms with van der Waals surface area (Å²) in [5.41, 5.74) is 0.567. The van der Waals surface area contributed by atoms with E-state index in [1.165, 1.54) is 31.4 Å². The lowest BCUT2D eigenvalue weighted by atomic mass is 9.76. The second-order valence-corrected chi connectivity index (χ2v) is 6.21. The van der Waals surface area contributed by atoms with Crippen LogP contribution < -0.4 is 0 Å². The molecule has 1 saturated carbocycles. The number of ether oxygens (including phenoxy) is 1. The Balaban J connectivity index is 1.97. The van der Waals surface area contributed by atoms with Crippen molar-refractivity contribution in [2.45, 2.75) is 44.5 Å². The van der Waals surface area contributed by atoms with Crippen LogP contribution in [0.25, 0.3) is 0 Å². The van der Waals surface area contributed by atoms with E-state index in [4.69, 9.17) is 4.74 Å². The van der Waals surface area contributed by atoms with E-state index in [1.807, 2.05) is 11.8 Å². The van der Waals surface area contributed by atoms with Gasteiger partial charge in [0, 0.05) is 5.75 Å². The zero-order valence-corrected chi connectivity index (χ0v) is 8.88. The zero-order chi connectivity index (χ0) is 8.66. The lowest BCUT2D eigenvalue weighted by molar-refractivity contribution is -0.00190. The van der Waals surface area contributed by atoms with Gasteiger partial charge in [-0.15, -0.1) is 11.8 Å². The third kappa shape index (κ3) is 1.64. The van der Waals surface area contributed by atoms with Crippen LogP contribution >= 0.6 is 11.8 Å². The molecule has 2 fully saturated rings. The average Bonchev–Trinajstić information content (AvgIpc) is 2.46. The second kappa shape index (κ2) is 2.91. The molecule has 1 saturated heterocycles. The third-order valence-electron chi connectivity index (χ3n) is 3.18. The van der Waals surface area contributed by atoms with Crippen molar-refractivity contribution in [2.24, 2.45) is 5.41 Å².